The van der Waals surface area contributed by atoms with Crippen LogP contribution in [0.4, 0.5) is 0 Å². The largest absolute Gasteiger partial charge is 0.375 e. The molecule has 0 aromatic rings. The average Bonchev–Trinajstić information content (AvgIpc) is 3.18. The van der Waals surface area contributed by atoms with Crippen molar-refractivity contribution in [2.45, 2.75) is 76.3 Å². The Morgan fingerprint density at radius 2 is 1.86 bits per heavy atom. The molecule has 2 N–H and O–H groups in total. The van der Waals surface area contributed by atoms with Crippen molar-refractivity contribution in [2.24, 2.45) is 5.92 Å². The normalized spacial score (nSPS) is 26.7. The maximum Gasteiger partial charge on any atom is 0.238 e. The average molecular weight is 332 g/mol. The van der Waals surface area contributed by atoms with Gasteiger partial charge in [-0.15, -0.1) is 0 Å². The Hall–Kier alpha value is -0.660. The molecular formula is C15H28N2O4S. The summed E-state index contributed by atoms with van der Waals surface area (Å²) in [5.74, 6) is -0.330. The van der Waals surface area contributed by atoms with Gasteiger partial charge in [0.15, 0.2) is 0 Å². The van der Waals surface area contributed by atoms with Gasteiger partial charge in [0, 0.05) is 12.6 Å². The SMILES string of the molecule is CC(C)[C@@H](NS(=O)(=O)C1CC1)C(=O)N[C@H]1CCOC(C)(C)C1. The number of hydrogen-bond acceptors (Lipinski definition) is 4. The Balaban J connectivity index is 1.97. The van der Waals surface area contributed by atoms with Gasteiger partial charge in [-0.1, -0.05) is 13.8 Å². The van der Waals surface area contributed by atoms with Crippen LogP contribution in [0.3, 0.4) is 0 Å². The number of sulfonamides is 1. The number of amides is 1. The van der Waals surface area contributed by atoms with Crippen molar-refractivity contribution in [3.8, 4) is 0 Å². The highest BCUT2D eigenvalue weighted by Crippen LogP contribution is 2.28. The van der Waals surface area contributed by atoms with Gasteiger partial charge >= 0.3 is 0 Å². The van der Waals surface area contributed by atoms with E-state index < -0.39 is 16.1 Å². The van der Waals surface area contributed by atoms with Gasteiger partial charge in [-0.25, -0.2) is 13.1 Å². The van der Waals surface area contributed by atoms with E-state index in [2.05, 4.69) is 10.0 Å². The molecule has 2 rings (SSSR count). The third-order valence-electron chi connectivity index (χ3n) is 4.25. The molecule has 0 spiro atoms. The van der Waals surface area contributed by atoms with Crippen molar-refractivity contribution in [3.63, 3.8) is 0 Å². The molecule has 0 bridgehead atoms. The van der Waals surface area contributed by atoms with Crippen molar-refractivity contribution in [3.05, 3.63) is 0 Å². The van der Waals surface area contributed by atoms with Crippen LogP contribution in [0.2, 0.25) is 0 Å². The molecule has 22 heavy (non-hydrogen) atoms. The summed E-state index contributed by atoms with van der Waals surface area (Å²) in [6.07, 6.45) is 2.88. The summed E-state index contributed by atoms with van der Waals surface area (Å²) in [6, 6.07) is -0.681. The summed E-state index contributed by atoms with van der Waals surface area (Å²) in [6.45, 7) is 8.32. The molecule has 1 amide bonds. The predicted octanol–water partition coefficient (Wildman–Crippen LogP) is 1.17. The van der Waals surface area contributed by atoms with Gasteiger partial charge in [0.2, 0.25) is 15.9 Å². The van der Waals surface area contributed by atoms with Crippen LogP contribution in [0.15, 0.2) is 0 Å². The molecule has 1 heterocycles. The summed E-state index contributed by atoms with van der Waals surface area (Å²) in [5, 5.41) is 2.68. The lowest BCUT2D eigenvalue weighted by Gasteiger charge is -2.36. The standard InChI is InChI=1S/C15H28N2O4S/c1-10(2)13(17-22(19,20)12-5-6-12)14(18)16-11-7-8-21-15(3,4)9-11/h10-13,17H,5-9H2,1-4H3,(H,16,18)/t11-,13+/m0/s1. The van der Waals surface area contributed by atoms with E-state index in [0.29, 0.717) is 19.4 Å². The van der Waals surface area contributed by atoms with Crippen LogP contribution in [0.1, 0.15) is 53.4 Å². The Morgan fingerprint density at radius 1 is 1.23 bits per heavy atom. The Labute approximate surface area is 133 Å². The lowest BCUT2D eigenvalue weighted by Crippen LogP contribution is -2.54. The molecule has 0 aromatic heterocycles. The summed E-state index contributed by atoms with van der Waals surface area (Å²) in [7, 11) is -3.38. The minimum Gasteiger partial charge on any atom is -0.375 e. The van der Waals surface area contributed by atoms with Gasteiger partial charge in [-0.05, 0) is 45.4 Å². The third-order valence-corrected chi connectivity index (χ3v) is 6.18. The number of nitrogens with one attached hydrogen (secondary N) is 2. The van der Waals surface area contributed by atoms with Gasteiger partial charge in [-0.2, -0.15) is 0 Å². The molecule has 0 radical (unpaired) electrons. The van der Waals surface area contributed by atoms with Gasteiger partial charge in [-0.3, -0.25) is 4.79 Å². The minimum atomic E-state index is -3.38. The number of carbonyl (C=O) groups is 1. The molecular weight excluding hydrogens is 304 g/mol. The van der Waals surface area contributed by atoms with E-state index in [1.54, 1.807) is 0 Å². The van der Waals surface area contributed by atoms with Crippen LogP contribution in [0, 0.1) is 5.92 Å². The molecule has 1 saturated heterocycles. The second kappa shape index (κ2) is 6.45. The van der Waals surface area contributed by atoms with E-state index in [4.69, 9.17) is 4.74 Å². The molecule has 1 aliphatic heterocycles. The fourth-order valence-electron chi connectivity index (χ4n) is 2.79. The highest BCUT2D eigenvalue weighted by Gasteiger charge is 2.39. The first kappa shape index (κ1) is 17.7. The van der Waals surface area contributed by atoms with Crippen LogP contribution >= 0.6 is 0 Å². The molecule has 128 valence electrons. The highest BCUT2D eigenvalue weighted by atomic mass is 32.2. The second-order valence-electron chi connectivity index (χ2n) is 7.39. The van der Waals surface area contributed by atoms with Gasteiger partial charge in [0.1, 0.15) is 6.04 Å². The van der Waals surface area contributed by atoms with Crippen molar-refractivity contribution in [2.75, 3.05) is 6.61 Å². The zero-order chi connectivity index (χ0) is 16.5. The first-order valence-corrected chi connectivity index (χ1v) is 9.61. The van der Waals surface area contributed by atoms with E-state index in [9.17, 15) is 13.2 Å². The Bertz CT molecular complexity index is 512. The lowest BCUT2D eigenvalue weighted by atomic mass is 9.93. The highest BCUT2D eigenvalue weighted by molar-refractivity contribution is 7.90. The van der Waals surface area contributed by atoms with E-state index in [-0.39, 0.29) is 28.7 Å². The lowest BCUT2D eigenvalue weighted by molar-refractivity contribution is -0.126. The fraction of sp³-hybridized carbons (Fsp3) is 0.933. The topological polar surface area (TPSA) is 84.5 Å². The van der Waals surface area contributed by atoms with E-state index in [1.807, 2.05) is 27.7 Å². The van der Waals surface area contributed by atoms with Gasteiger partial charge in [0.05, 0.1) is 10.9 Å². The molecule has 2 aliphatic rings. The molecule has 1 aliphatic carbocycles. The van der Waals surface area contributed by atoms with E-state index >= 15 is 0 Å². The number of hydrogen-bond donors (Lipinski definition) is 2. The van der Waals surface area contributed by atoms with Crippen molar-refractivity contribution in [1.29, 1.82) is 0 Å². The zero-order valence-corrected chi connectivity index (χ0v) is 14.7. The van der Waals surface area contributed by atoms with Gasteiger partial charge < -0.3 is 10.1 Å². The van der Waals surface area contributed by atoms with Crippen molar-refractivity contribution < 1.29 is 17.9 Å². The van der Waals surface area contributed by atoms with Crippen molar-refractivity contribution >= 4 is 15.9 Å². The first-order chi connectivity index (χ1) is 10.1. The molecule has 1 saturated carbocycles. The number of rotatable bonds is 6. The Kier molecular flexibility index (Phi) is 5.19. The van der Waals surface area contributed by atoms with Gasteiger partial charge in [0.25, 0.3) is 0 Å². The van der Waals surface area contributed by atoms with Crippen LogP contribution < -0.4 is 10.0 Å². The monoisotopic (exact) mass is 332 g/mol. The fourth-order valence-corrected chi connectivity index (χ4v) is 4.47. The quantitative estimate of drug-likeness (QED) is 0.764. The maximum absolute atomic E-state index is 12.5. The predicted molar refractivity (Wildman–Crippen MR) is 84.9 cm³/mol. The molecule has 2 fully saturated rings. The molecule has 6 nitrogen and oxygen atoms in total. The third kappa shape index (κ3) is 4.67. The maximum atomic E-state index is 12.5. The second-order valence-corrected chi connectivity index (χ2v) is 9.38. The summed E-state index contributed by atoms with van der Waals surface area (Å²) < 4.78 is 32.4. The van der Waals surface area contributed by atoms with E-state index in [0.717, 1.165) is 12.8 Å². The van der Waals surface area contributed by atoms with Crippen LogP contribution in [0.5, 0.6) is 0 Å². The summed E-state index contributed by atoms with van der Waals surface area (Å²) in [5.41, 5.74) is -0.253. The van der Waals surface area contributed by atoms with Crippen LogP contribution in [-0.2, 0) is 19.6 Å². The Morgan fingerprint density at radius 3 is 2.36 bits per heavy atom. The summed E-state index contributed by atoms with van der Waals surface area (Å²) in [4.78, 5) is 12.5. The zero-order valence-electron chi connectivity index (χ0n) is 13.9. The minimum absolute atomic E-state index is 0.0305. The van der Waals surface area contributed by atoms with Crippen molar-refractivity contribution in [1.82, 2.24) is 10.0 Å². The summed E-state index contributed by atoms with van der Waals surface area (Å²) >= 11 is 0. The van der Waals surface area contributed by atoms with E-state index in [1.165, 1.54) is 0 Å². The number of ether oxygens (including phenoxy) is 1. The smallest absolute Gasteiger partial charge is 0.238 e. The molecule has 0 unspecified atom stereocenters. The van der Waals surface area contributed by atoms with Crippen LogP contribution in [0.25, 0.3) is 0 Å². The molecule has 0 aromatic carbocycles. The molecule has 7 heteroatoms. The first-order valence-electron chi connectivity index (χ1n) is 8.06. The van der Waals surface area contributed by atoms with Crippen LogP contribution in [-0.4, -0.2) is 43.9 Å². The molecule has 2 atom stereocenters. The number of carbonyl (C=O) groups excluding carboxylic acids is 1.